The zero-order chi connectivity index (χ0) is 27.0. The van der Waals surface area contributed by atoms with E-state index in [9.17, 15) is 4.79 Å². The van der Waals surface area contributed by atoms with Crippen LogP contribution in [0.1, 0.15) is 38.6 Å². The molecule has 200 valence electrons. The molecule has 0 aliphatic heterocycles. The summed E-state index contributed by atoms with van der Waals surface area (Å²) in [4.78, 5) is 19.6. The van der Waals surface area contributed by atoms with E-state index in [0.717, 1.165) is 11.1 Å². The van der Waals surface area contributed by atoms with Crippen LogP contribution in [0.5, 0.6) is 23.0 Å². The van der Waals surface area contributed by atoms with Gasteiger partial charge in [0.1, 0.15) is 0 Å². The van der Waals surface area contributed by atoms with Crippen LogP contribution >= 0.6 is 0 Å². The van der Waals surface area contributed by atoms with Gasteiger partial charge < -0.3 is 28.4 Å². The number of carbonyl (C=O) groups excluding carboxylic acids is 1. The molecule has 1 aromatic heterocycles. The number of rotatable bonds is 12. The Bertz CT molecular complexity index is 1180. The zero-order valence-electron chi connectivity index (χ0n) is 22.8. The van der Waals surface area contributed by atoms with Crippen LogP contribution in [-0.4, -0.2) is 62.5 Å². The van der Waals surface area contributed by atoms with Gasteiger partial charge in [-0.1, -0.05) is 32.0 Å². The summed E-state index contributed by atoms with van der Waals surface area (Å²) in [6, 6.07) is 11.3. The third kappa shape index (κ3) is 7.62. The topological polar surface area (TPSA) is 96.2 Å². The molecule has 9 nitrogen and oxygen atoms in total. The Kier molecular flexibility index (Phi) is 9.38. The second-order valence-electron chi connectivity index (χ2n) is 9.89. The highest BCUT2D eigenvalue weighted by Gasteiger charge is 2.22. The normalized spacial score (nSPS) is 11.2. The molecular weight excluding hydrogens is 474 g/mol. The molecular formula is C28H37N3O6. The van der Waals surface area contributed by atoms with Crippen LogP contribution in [-0.2, 0) is 17.6 Å². The van der Waals surface area contributed by atoms with Crippen LogP contribution < -0.4 is 18.9 Å². The van der Waals surface area contributed by atoms with Gasteiger partial charge in [0.2, 0.25) is 17.6 Å². The molecule has 0 N–H and O–H groups in total. The van der Waals surface area contributed by atoms with E-state index in [1.54, 1.807) is 40.6 Å². The lowest BCUT2D eigenvalue weighted by Gasteiger charge is -2.26. The molecule has 0 bridgehead atoms. The number of hydrogen-bond donors (Lipinski definition) is 0. The summed E-state index contributed by atoms with van der Waals surface area (Å²) in [5.41, 5.74) is 1.69. The lowest BCUT2D eigenvalue weighted by atomic mass is 9.91. The molecule has 9 heteroatoms. The molecule has 0 saturated carbocycles. The van der Waals surface area contributed by atoms with E-state index in [4.69, 9.17) is 23.5 Å². The van der Waals surface area contributed by atoms with Gasteiger partial charge in [-0.3, -0.25) is 4.79 Å². The average molecular weight is 512 g/mol. The smallest absolute Gasteiger partial charge is 0.228 e. The fourth-order valence-electron chi connectivity index (χ4n) is 3.91. The highest BCUT2D eigenvalue weighted by atomic mass is 16.5. The van der Waals surface area contributed by atoms with E-state index in [2.05, 4.69) is 30.9 Å². The van der Waals surface area contributed by atoms with E-state index in [1.807, 2.05) is 29.2 Å². The lowest BCUT2D eigenvalue weighted by Crippen LogP contribution is -2.36. The minimum absolute atomic E-state index is 0.0904. The number of hydrogen-bond acceptors (Lipinski definition) is 8. The predicted molar refractivity (Wildman–Crippen MR) is 140 cm³/mol. The molecule has 3 aromatic rings. The molecule has 0 spiro atoms. The number of methoxy groups -OCH3 is 4. The summed E-state index contributed by atoms with van der Waals surface area (Å²) in [5.74, 6) is 3.55. The Balaban J connectivity index is 1.71. The molecule has 37 heavy (non-hydrogen) atoms. The van der Waals surface area contributed by atoms with Crippen LogP contribution in [0.15, 0.2) is 40.9 Å². The van der Waals surface area contributed by atoms with Crippen LogP contribution in [0.3, 0.4) is 0 Å². The summed E-state index contributed by atoms with van der Waals surface area (Å²) >= 11 is 0. The Hall–Kier alpha value is -3.75. The van der Waals surface area contributed by atoms with Crippen molar-refractivity contribution in [3.05, 3.63) is 47.9 Å². The van der Waals surface area contributed by atoms with Crippen molar-refractivity contribution in [2.45, 2.75) is 40.0 Å². The molecule has 1 heterocycles. The van der Waals surface area contributed by atoms with E-state index < -0.39 is 0 Å². The molecule has 0 radical (unpaired) electrons. The maximum absolute atomic E-state index is 13.2. The quantitative estimate of drug-likeness (QED) is 0.341. The number of benzene rings is 2. The molecule has 0 aliphatic carbocycles. The Morgan fingerprint density at radius 1 is 0.838 bits per heavy atom. The summed E-state index contributed by atoms with van der Waals surface area (Å²) in [6.45, 7) is 7.21. The first-order valence-electron chi connectivity index (χ1n) is 12.2. The van der Waals surface area contributed by atoms with Crippen molar-refractivity contribution in [1.29, 1.82) is 0 Å². The van der Waals surface area contributed by atoms with E-state index in [-0.39, 0.29) is 11.3 Å². The number of nitrogens with zero attached hydrogens (tertiary/aromatic N) is 3. The third-order valence-electron chi connectivity index (χ3n) is 5.86. The summed E-state index contributed by atoms with van der Waals surface area (Å²) in [7, 11) is 6.39. The predicted octanol–water partition coefficient (Wildman–Crippen LogP) is 4.82. The minimum atomic E-state index is -0.121. The Morgan fingerprint density at radius 2 is 1.43 bits per heavy atom. The lowest BCUT2D eigenvalue weighted by molar-refractivity contribution is -0.133. The van der Waals surface area contributed by atoms with Gasteiger partial charge in [-0.25, -0.2) is 0 Å². The van der Waals surface area contributed by atoms with Gasteiger partial charge in [-0.15, -0.1) is 0 Å². The highest BCUT2D eigenvalue weighted by molar-refractivity contribution is 5.76. The second-order valence-corrected chi connectivity index (χ2v) is 9.89. The third-order valence-corrected chi connectivity index (χ3v) is 5.86. The van der Waals surface area contributed by atoms with Gasteiger partial charge in [0, 0.05) is 31.5 Å². The number of carbonyl (C=O) groups is 1. The SMILES string of the molecule is COc1ccc(CCN(CCc2nc(-c3ccc(OC)c(OC)c3)no2)C(=O)CC(C)(C)C)cc1OC. The molecule has 0 unspecified atom stereocenters. The molecule has 0 fully saturated rings. The van der Waals surface area contributed by atoms with Crippen molar-refractivity contribution >= 4 is 5.91 Å². The maximum Gasteiger partial charge on any atom is 0.228 e. The Labute approximate surface area is 218 Å². The van der Waals surface area contributed by atoms with Crippen LogP contribution in [0.25, 0.3) is 11.4 Å². The second kappa shape index (κ2) is 12.5. The van der Waals surface area contributed by atoms with Crippen molar-refractivity contribution in [2.24, 2.45) is 5.41 Å². The maximum atomic E-state index is 13.2. The number of ether oxygens (including phenoxy) is 4. The van der Waals surface area contributed by atoms with Gasteiger partial charge in [0.15, 0.2) is 23.0 Å². The molecule has 1 amide bonds. The van der Waals surface area contributed by atoms with Crippen molar-refractivity contribution in [2.75, 3.05) is 41.5 Å². The molecule has 3 rings (SSSR count). The standard InChI is InChI=1S/C28H37N3O6/c1-28(2,3)18-26(32)31(14-12-19-8-10-21(33-4)23(16-19)35-6)15-13-25-29-27(30-37-25)20-9-11-22(34-5)24(17-20)36-7/h8-11,16-17H,12-15,18H2,1-7H3. The van der Waals surface area contributed by atoms with Crippen LogP contribution in [0.2, 0.25) is 0 Å². The van der Waals surface area contributed by atoms with Crippen molar-refractivity contribution in [3.8, 4) is 34.4 Å². The summed E-state index contributed by atoms with van der Waals surface area (Å²) in [5, 5.41) is 4.12. The van der Waals surface area contributed by atoms with Crippen molar-refractivity contribution < 1.29 is 28.3 Å². The highest BCUT2D eigenvalue weighted by Crippen LogP contribution is 2.31. The zero-order valence-corrected chi connectivity index (χ0v) is 22.8. The minimum Gasteiger partial charge on any atom is -0.493 e. The van der Waals surface area contributed by atoms with Crippen molar-refractivity contribution in [1.82, 2.24) is 15.0 Å². The van der Waals surface area contributed by atoms with E-state index in [0.29, 0.717) is 67.1 Å². The van der Waals surface area contributed by atoms with Gasteiger partial charge in [-0.05, 0) is 47.7 Å². The first kappa shape index (κ1) is 27.8. The summed E-state index contributed by atoms with van der Waals surface area (Å²) in [6.07, 6.45) is 1.57. The monoisotopic (exact) mass is 511 g/mol. The Morgan fingerprint density at radius 3 is 2.05 bits per heavy atom. The molecule has 0 saturated heterocycles. The average Bonchev–Trinajstić information content (AvgIpc) is 3.36. The first-order chi connectivity index (χ1) is 17.7. The van der Waals surface area contributed by atoms with E-state index in [1.165, 1.54) is 0 Å². The van der Waals surface area contributed by atoms with Gasteiger partial charge >= 0.3 is 0 Å². The molecule has 0 aliphatic rings. The fraction of sp³-hybridized carbons (Fsp3) is 0.464. The first-order valence-corrected chi connectivity index (χ1v) is 12.2. The van der Waals surface area contributed by atoms with Gasteiger partial charge in [0.25, 0.3) is 0 Å². The van der Waals surface area contributed by atoms with E-state index >= 15 is 0 Å². The van der Waals surface area contributed by atoms with Crippen molar-refractivity contribution in [3.63, 3.8) is 0 Å². The number of aromatic nitrogens is 2. The van der Waals surface area contributed by atoms with Crippen LogP contribution in [0, 0.1) is 5.41 Å². The van der Waals surface area contributed by atoms with Gasteiger partial charge in [-0.2, -0.15) is 4.98 Å². The van der Waals surface area contributed by atoms with Crippen LogP contribution in [0.4, 0.5) is 0 Å². The molecule has 2 aromatic carbocycles. The van der Waals surface area contributed by atoms with Gasteiger partial charge in [0.05, 0.1) is 28.4 Å². The summed E-state index contributed by atoms with van der Waals surface area (Å²) < 4.78 is 26.9. The molecule has 0 atom stereocenters. The fourth-order valence-corrected chi connectivity index (χ4v) is 3.91. The largest absolute Gasteiger partial charge is 0.493 e. The number of amides is 1.